The number of ether oxygens (including phenoxy) is 2. The minimum Gasteiger partial charge on any atom is -0.756 e. The number of esters is 1. The normalized spacial score (nSPS) is 13.9. The quantitative estimate of drug-likeness (QED) is 0.0201. The molecule has 2 atom stereocenters. The molecule has 0 radical (unpaired) electrons. The zero-order valence-corrected chi connectivity index (χ0v) is 35.9. The summed E-state index contributed by atoms with van der Waals surface area (Å²) in [7, 11) is 1.36. The van der Waals surface area contributed by atoms with Gasteiger partial charge in [0.25, 0.3) is 7.82 Å². The first kappa shape index (κ1) is 51.2. The van der Waals surface area contributed by atoms with Crippen LogP contribution in [0.3, 0.4) is 0 Å². The lowest BCUT2D eigenvalue weighted by Gasteiger charge is -2.28. The van der Waals surface area contributed by atoms with Gasteiger partial charge >= 0.3 is 5.97 Å². The Morgan fingerprint density at radius 3 is 1.48 bits per heavy atom. The number of likely N-dealkylation sites (N-methyl/N-ethyl adjacent to an activating group) is 1. The number of quaternary nitrogens is 1. The molecule has 9 heteroatoms. The molecule has 0 aromatic rings. The number of carbonyl (C=O) groups excluding carboxylic acids is 1. The minimum absolute atomic E-state index is 0.0281. The monoisotopic (exact) mass is 760 g/mol. The molecule has 0 saturated heterocycles. The fourth-order valence-corrected chi connectivity index (χ4v) is 6.86. The molecule has 0 aliphatic carbocycles. The lowest BCUT2D eigenvalue weighted by molar-refractivity contribution is -0.870. The smallest absolute Gasteiger partial charge is 0.306 e. The summed E-state index contributed by atoms with van der Waals surface area (Å²) in [6.07, 6.45) is 39.3. The molecule has 0 aromatic carbocycles. The van der Waals surface area contributed by atoms with Crippen LogP contribution in [0.15, 0.2) is 12.2 Å². The average molecular weight is 760 g/mol. The number of phosphoric ester groups is 1. The van der Waals surface area contributed by atoms with Gasteiger partial charge in [-0.05, 0) is 38.5 Å². The van der Waals surface area contributed by atoms with Crippen molar-refractivity contribution in [3.8, 4) is 0 Å². The summed E-state index contributed by atoms with van der Waals surface area (Å²) in [4.78, 5) is 25.0. The third-order valence-corrected chi connectivity index (χ3v) is 10.5. The van der Waals surface area contributed by atoms with E-state index in [1.54, 1.807) is 0 Å². The number of hydrogen-bond donors (Lipinski definition) is 0. The number of unbranched alkanes of at least 4 members (excludes halogenated alkanes) is 25. The third-order valence-electron chi connectivity index (χ3n) is 9.57. The Kier molecular flexibility index (Phi) is 36.6. The van der Waals surface area contributed by atoms with Crippen molar-refractivity contribution in [3.63, 3.8) is 0 Å². The molecule has 2 unspecified atom stereocenters. The zero-order valence-electron chi connectivity index (χ0n) is 35.0. The van der Waals surface area contributed by atoms with Crippen molar-refractivity contribution in [2.75, 3.05) is 54.1 Å². The van der Waals surface area contributed by atoms with E-state index in [0.29, 0.717) is 24.1 Å². The summed E-state index contributed by atoms with van der Waals surface area (Å²) >= 11 is 0. The topological polar surface area (TPSA) is 94.1 Å². The summed E-state index contributed by atoms with van der Waals surface area (Å²) in [6.45, 7) is 5.42. The van der Waals surface area contributed by atoms with E-state index in [1.165, 1.54) is 148 Å². The molecule has 0 aliphatic heterocycles. The van der Waals surface area contributed by atoms with E-state index in [2.05, 4.69) is 26.0 Å². The van der Waals surface area contributed by atoms with Gasteiger partial charge in [0, 0.05) is 13.0 Å². The maximum absolute atomic E-state index is 12.7. The molecule has 310 valence electrons. The van der Waals surface area contributed by atoms with E-state index in [9.17, 15) is 14.3 Å². The Bertz CT molecular complexity index is 848. The number of hydrogen-bond acceptors (Lipinski definition) is 7. The van der Waals surface area contributed by atoms with Crippen LogP contribution in [0, 0.1) is 0 Å². The second-order valence-electron chi connectivity index (χ2n) is 16.1. The van der Waals surface area contributed by atoms with Gasteiger partial charge in [-0.25, -0.2) is 0 Å². The Hall–Kier alpha value is -0.760. The van der Waals surface area contributed by atoms with E-state index in [-0.39, 0.29) is 25.8 Å². The number of allylic oxidation sites excluding steroid dienone is 2. The molecule has 0 fully saturated rings. The van der Waals surface area contributed by atoms with Gasteiger partial charge < -0.3 is 27.9 Å². The van der Waals surface area contributed by atoms with E-state index < -0.39 is 13.9 Å². The summed E-state index contributed by atoms with van der Waals surface area (Å²) in [5, 5.41) is 0. The molecule has 0 bridgehead atoms. The fraction of sp³-hybridized carbons (Fsp3) is 0.930. The van der Waals surface area contributed by atoms with Crippen LogP contribution in [0.5, 0.6) is 0 Å². The van der Waals surface area contributed by atoms with E-state index in [0.717, 1.165) is 32.1 Å². The van der Waals surface area contributed by atoms with Crippen molar-refractivity contribution >= 4 is 13.8 Å². The van der Waals surface area contributed by atoms with Crippen LogP contribution in [0.1, 0.15) is 200 Å². The van der Waals surface area contributed by atoms with Gasteiger partial charge in [0.2, 0.25) is 0 Å². The van der Waals surface area contributed by atoms with Crippen LogP contribution < -0.4 is 4.89 Å². The molecule has 0 heterocycles. The van der Waals surface area contributed by atoms with E-state index in [1.807, 2.05) is 21.1 Å². The molecule has 0 spiro atoms. The van der Waals surface area contributed by atoms with Gasteiger partial charge in [-0.2, -0.15) is 0 Å². The molecule has 0 aromatic heterocycles. The van der Waals surface area contributed by atoms with Crippen molar-refractivity contribution in [1.29, 1.82) is 0 Å². The van der Waals surface area contributed by atoms with Crippen molar-refractivity contribution < 1.29 is 37.3 Å². The van der Waals surface area contributed by atoms with Crippen LogP contribution in [-0.2, 0) is 27.9 Å². The summed E-state index contributed by atoms with van der Waals surface area (Å²) in [6, 6.07) is 0. The van der Waals surface area contributed by atoms with Gasteiger partial charge in [0.1, 0.15) is 19.3 Å². The van der Waals surface area contributed by atoms with Gasteiger partial charge in [0.15, 0.2) is 0 Å². The number of phosphoric acid groups is 1. The van der Waals surface area contributed by atoms with Crippen LogP contribution >= 0.6 is 7.82 Å². The second kappa shape index (κ2) is 37.2. The Morgan fingerprint density at radius 2 is 1.00 bits per heavy atom. The molecule has 0 saturated carbocycles. The maximum Gasteiger partial charge on any atom is 0.306 e. The number of rotatable bonds is 41. The lowest BCUT2D eigenvalue weighted by atomic mass is 10.0. The lowest BCUT2D eigenvalue weighted by Crippen LogP contribution is -2.37. The van der Waals surface area contributed by atoms with Crippen LogP contribution in [-0.4, -0.2) is 70.7 Å². The first-order valence-corrected chi connectivity index (χ1v) is 23.4. The molecule has 0 rings (SSSR count). The largest absolute Gasteiger partial charge is 0.756 e. The van der Waals surface area contributed by atoms with Crippen LogP contribution in [0.25, 0.3) is 0 Å². The Labute approximate surface area is 322 Å². The predicted octanol–water partition coefficient (Wildman–Crippen LogP) is 12.0. The van der Waals surface area contributed by atoms with Gasteiger partial charge in [0.05, 0.1) is 34.4 Å². The first-order valence-electron chi connectivity index (χ1n) is 21.9. The van der Waals surface area contributed by atoms with Crippen molar-refractivity contribution in [1.82, 2.24) is 0 Å². The number of nitrogens with zero attached hydrogens (tertiary/aromatic N) is 1. The second-order valence-corrected chi connectivity index (χ2v) is 17.5. The summed E-state index contributed by atoms with van der Waals surface area (Å²) in [5.41, 5.74) is 0. The van der Waals surface area contributed by atoms with Crippen molar-refractivity contribution in [2.24, 2.45) is 0 Å². The zero-order chi connectivity index (χ0) is 38.4. The van der Waals surface area contributed by atoms with Crippen LogP contribution in [0.4, 0.5) is 0 Å². The maximum atomic E-state index is 12.7. The molecule has 52 heavy (non-hydrogen) atoms. The fourth-order valence-electron chi connectivity index (χ4n) is 6.13. The molecule has 0 aliphatic rings. The molecular formula is C43H86NO7P. The summed E-state index contributed by atoms with van der Waals surface area (Å²) < 4.78 is 34.6. The van der Waals surface area contributed by atoms with Crippen molar-refractivity contribution in [3.05, 3.63) is 12.2 Å². The average Bonchev–Trinajstić information content (AvgIpc) is 3.09. The van der Waals surface area contributed by atoms with Gasteiger partial charge in [-0.3, -0.25) is 9.36 Å². The van der Waals surface area contributed by atoms with E-state index >= 15 is 0 Å². The molecular weight excluding hydrogens is 673 g/mol. The SMILES string of the molecule is CCCCCC/C=C\CCCCCCCCOCC(COP(=O)([O-])OCC[N+](C)(C)C)OC(=O)CCCCCCCCCCCCCCCCCC. The van der Waals surface area contributed by atoms with Gasteiger partial charge in [-0.1, -0.05) is 167 Å². The van der Waals surface area contributed by atoms with Gasteiger partial charge in [-0.15, -0.1) is 0 Å². The molecule has 8 nitrogen and oxygen atoms in total. The molecule has 0 N–H and O–H groups in total. The Balaban J connectivity index is 4.21. The highest BCUT2D eigenvalue weighted by Crippen LogP contribution is 2.38. The predicted molar refractivity (Wildman–Crippen MR) is 217 cm³/mol. The first-order chi connectivity index (χ1) is 25.1. The van der Waals surface area contributed by atoms with Crippen molar-refractivity contribution in [2.45, 2.75) is 206 Å². The highest BCUT2D eigenvalue weighted by molar-refractivity contribution is 7.45. The highest BCUT2D eigenvalue weighted by atomic mass is 31.2. The number of carbonyl (C=O) groups is 1. The Morgan fingerprint density at radius 1 is 0.577 bits per heavy atom. The van der Waals surface area contributed by atoms with Crippen LogP contribution in [0.2, 0.25) is 0 Å². The minimum atomic E-state index is -4.52. The summed E-state index contributed by atoms with van der Waals surface area (Å²) in [5.74, 6) is -0.333. The highest BCUT2D eigenvalue weighted by Gasteiger charge is 2.20. The third kappa shape index (κ3) is 40.4. The van der Waals surface area contributed by atoms with E-state index in [4.69, 9.17) is 18.5 Å². The standard InChI is InChI=1S/C43H86NO7P/c1-6-8-10-12-14-16-18-20-22-23-24-26-28-30-32-34-36-43(45)51-42(41-50-52(46,47)49-39-37-44(3,4)5)40-48-38-35-33-31-29-27-25-21-19-17-15-13-11-9-7-2/h17,19,42H,6-16,18,20-41H2,1-5H3/b19-17-. The molecule has 0 amide bonds.